The molecule has 5 heteroatoms. The number of benzene rings is 1. The zero-order valence-electron chi connectivity index (χ0n) is 8.90. The van der Waals surface area contributed by atoms with Crippen molar-refractivity contribution < 1.29 is 9.21 Å². The molecule has 5 nitrogen and oxygen atoms in total. The van der Waals surface area contributed by atoms with E-state index in [0.717, 1.165) is 0 Å². The maximum Gasteiger partial charge on any atom is 0.346 e. The van der Waals surface area contributed by atoms with E-state index in [-0.39, 0.29) is 5.91 Å². The van der Waals surface area contributed by atoms with Gasteiger partial charge in [0.1, 0.15) is 0 Å². The first-order valence-corrected chi connectivity index (χ1v) is 4.75. The quantitative estimate of drug-likeness (QED) is 0.786. The highest BCUT2D eigenvalue weighted by Crippen LogP contribution is 2.14. The van der Waals surface area contributed by atoms with Crippen molar-refractivity contribution in [2.45, 2.75) is 13.8 Å². The molecule has 0 saturated heterocycles. The van der Waals surface area contributed by atoms with Gasteiger partial charge in [-0.2, -0.15) is 0 Å². The molecule has 0 atom stereocenters. The first-order valence-electron chi connectivity index (χ1n) is 4.75. The Morgan fingerprint density at radius 3 is 2.88 bits per heavy atom. The lowest BCUT2D eigenvalue weighted by Gasteiger charge is -2.02. The second kappa shape index (κ2) is 3.77. The number of amides is 1. The summed E-state index contributed by atoms with van der Waals surface area (Å²) in [4.78, 5) is 26.4. The summed E-state index contributed by atoms with van der Waals surface area (Å²) in [5.74, 6) is 0.136. The minimum absolute atomic E-state index is 0.168. The molecule has 0 saturated carbocycles. The summed E-state index contributed by atoms with van der Waals surface area (Å²) in [7, 11) is 0. The van der Waals surface area contributed by atoms with Gasteiger partial charge in [0.2, 0.25) is 5.91 Å². The Kier molecular flexibility index (Phi) is 2.44. The van der Waals surface area contributed by atoms with Crippen LogP contribution in [0, 0.1) is 6.92 Å². The smallest absolute Gasteiger partial charge is 0.346 e. The number of rotatable bonds is 1. The van der Waals surface area contributed by atoms with E-state index in [1.54, 1.807) is 25.1 Å². The van der Waals surface area contributed by atoms with Crippen molar-refractivity contribution in [2.75, 3.05) is 5.32 Å². The second-order valence-corrected chi connectivity index (χ2v) is 3.43. The molecule has 0 unspecified atom stereocenters. The summed E-state index contributed by atoms with van der Waals surface area (Å²) in [5.41, 5.74) is 0.703. The third-order valence-corrected chi connectivity index (χ3v) is 2.06. The van der Waals surface area contributed by atoms with Crippen molar-refractivity contribution >= 4 is 22.5 Å². The summed E-state index contributed by atoms with van der Waals surface area (Å²) >= 11 is 0. The molecule has 1 aromatic carbocycles. The monoisotopic (exact) mass is 218 g/mol. The maximum absolute atomic E-state index is 11.4. The van der Waals surface area contributed by atoms with Crippen molar-refractivity contribution in [2.24, 2.45) is 0 Å². The third kappa shape index (κ3) is 1.93. The molecule has 0 aliphatic rings. The average Bonchev–Trinajstić information content (AvgIpc) is 2.15. The zero-order chi connectivity index (χ0) is 11.7. The van der Waals surface area contributed by atoms with E-state index in [2.05, 4.69) is 10.3 Å². The van der Waals surface area contributed by atoms with E-state index >= 15 is 0 Å². The van der Waals surface area contributed by atoms with Crippen LogP contribution in [0.4, 0.5) is 5.69 Å². The molecule has 0 aliphatic carbocycles. The second-order valence-electron chi connectivity index (χ2n) is 3.43. The Labute approximate surface area is 91.1 Å². The van der Waals surface area contributed by atoms with E-state index in [1.165, 1.54) is 6.92 Å². The number of hydrogen-bond acceptors (Lipinski definition) is 4. The molecule has 1 aromatic heterocycles. The molecular weight excluding hydrogens is 208 g/mol. The van der Waals surface area contributed by atoms with Gasteiger partial charge in [-0.3, -0.25) is 4.79 Å². The minimum atomic E-state index is -0.420. The van der Waals surface area contributed by atoms with Crippen LogP contribution in [0.1, 0.15) is 12.8 Å². The van der Waals surface area contributed by atoms with Crippen LogP contribution in [0.3, 0.4) is 0 Å². The van der Waals surface area contributed by atoms with Gasteiger partial charge in [0, 0.05) is 19.5 Å². The van der Waals surface area contributed by atoms with Crippen LogP contribution in [-0.2, 0) is 4.79 Å². The molecule has 1 heterocycles. The molecule has 82 valence electrons. The van der Waals surface area contributed by atoms with Crippen LogP contribution in [0.5, 0.6) is 0 Å². The number of fused-ring (bicyclic) bond motifs is 1. The summed E-state index contributed by atoms with van der Waals surface area (Å²) in [6.07, 6.45) is 0. The van der Waals surface area contributed by atoms with Crippen molar-refractivity contribution in [3.63, 3.8) is 0 Å². The Balaban J connectivity index is 2.61. The zero-order valence-corrected chi connectivity index (χ0v) is 8.90. The number of hydrogen-bond donors (Lipinski definition) is 1. The van der Waals surface area contributed by atoms with Crippen molar-refractivity contribution in [3.8, 4) is 0 Å². The first kappa shape index (κ1) is 10.4. The third-order valence-electron chi connectivity index (χ3n) is 2.06. The van der Waals surface area contributed by atoms with Crippen LogP contribution in [0.2, 0.25) is 0 Å². The fourth-order valence-corrected chi connectivity index (χ4v) is 1.46. The summed E-state index contributed by atoms with van der Waals surface area (Å²) in [5, 5.41) is 3.03. The Hall–Kier alpha value is -2.17. The molecule has 1 N–H and O–H groups in total. The molecule has 0 bridgehead atoms. The van der Waals surface area contributed by atoms with E-state index < -0.39 is 5.63 Å². The fourth-order valence-electron chi connectivity index (χ4n) is 1.46. The van der Waals surface area contributed by atoms with Gasteiger partial charge in [0.15, 0.2) is 5.89 Å². The van der Waals surface area contributed by atoms with Crippen LogP contribution in [0.15, 0.2) is 27.4 Å². The SMILES string of the molecule is CC(=O)Nc1ccc2c(=O)oc(C)nc2c1. The van der Waals surface area contributed by atoms with Gasteiger partial charge < -0.3 is 9.73 Å². The predicted octanol–water partition coefficient (Wildman–Crippen LogP) is 1.45. The Morgan fingerprint density at radius 2 is 2.19 bits per heavy atom. The van der Waals surface area contributed by atoms with Crippen molar-refractivity contribution in [1.82, 2.24) is 4.98 Å². The fraction of sp³-hybridized carbons (Fsp3) is 0.182. The lowest BCUT2D eigenvalue weighted by atomic mass is 10.2. The molecule has 0 fully saturated rings. The molecule has 2 rings (SSSR count). The minimum Gasteiger partial charge on any atom is -0.408 e. The normalized spacial score (nSPS) is 10.4. The van der Waals surface area contributed by atoms with E-state index in [1.807, 2.05) is 0 Å². The average molecular weight is 218 g/mol. The van der Waals surface area contributed by atoms with Crippen LogP contribution < -0.4 is 10.9 Å². The number of carbonyl (C=O) groups excluding carboxylic acids is 1. The number of nitrogens with zero attached hydrogens (tertiary/aromatic N) is 1. The van der Waals surface area contributed by atoms with Crippen molar-refractivity contribution in [1.29, 1.82) is 0 Å². The largest absolute Gasteiger partial charge is 0.408 e. The number of anilines is 1. The molecule has 0 spiro atoms. The predicted molar refractivity (Wildman–Crippen MR) is 59.3 cm³/mol. The van der Waals surface area contributed by atoms with Gasteiger partial charge >= 0.3 is 5.63 Å². The summed E-state index contributed by atoms with van der Waals surface area (Å²) < 4.78 is 4.86. The molecule has 16 heavy (non-hydrogen) atoms. The number of aromatic nitrogens is 1. The molecular formula is C11H10N2O3. The van der Waals surface area contributed by atoms with Gasteiger partial charge in [-0.25, -0.2) is 9.78 Å². The first-order chi connectivity index (χ1) is 7.56. The van der Waals surface area contributed by atoms with Crippen LogP contribution >= 0.6 is 0 Å². The van der Waals surface area contributed by atoms with Gasteiger partial charge in [-0.1, -0.05) is 0 Å². The highest BCUT2D eigenvalue weighted by atomic mass is 16.4. The highest BCUT2D eigenvalue weighted by Gasteiger charge is 2.04. The van der Waals surface area contributed by atoms with Gasteiger partial charge in [-0.15, -0.1) is 0 Å². The summed E-state index contributed by atoms with van der Waals surface area (Å²) in [6.45, 7) is 3.02. The lowest BCUT2D eigenvalue weighted by Crippen LogP contribution is -2.07. The number of carbonyl (C=O) groups is 1. The van der Waals surface area contributed by atoms with Crippen molar-refractivity contribution in [3.05, 3.63) is 34.5 Å². The van der Waals surface area contributed by atoms with E-state index in [0.29, 0.717) is 22.5 Å². The summed E-state index contributed by atoms with van der Waals surface area (Å²) in [6, 6.07) is 4.86. The van der Waals surface area contributed by atoms with Crippen LogP contribution in [0.25, 0.3) is 10.9 Å². The van der Waals surface area contributed by atoms with Gasteiger partial charge in [0.25, 0.3) is 0 Å². The standard InChI is InChI=1S/C11H10N2O3/c1-6(14)12-8-3-4-9-10(5-8)13-7(2)16-11(9)15/h3-5H,1-2H3,(H,12,14). The topological polar surface area (TPSA) is 72.2 Å². The number of aryl methyl sites for hydroxylation is 1. The van der Waals surface area contributed by atoms with E-state index in [4.69, 9.17) is 4.42 Å². The molecule has 2 aromatic rings. The van der Waals surface area contributed by atoms with Crippen LogP contribution in [-0.4, -0.2) is 10.9 Å². The molecule has 1 amide bonds. The van der Waals surface area contributed by atoms with Gasteiger partial charge in [-0.05, 0) is 18.2 Å². The van der Waals surface area contributed by atoms with Gasteiger partial charge in [0.05, 0.1) is 10.9 Å². The van der Waals surface area contributed by atoms with E-state index in [9.17, 15) is 9.59 Å². The lowest BCUT2D eigenvalue weighted by molar-refractivity contribution is -0.114. The maximum atomic E-state index is 11.4. The number of nitrogens with one attached hydrogen (secondary N) is 1. The molecule has 0 aliphatic heterocycles. The highest BCUT2D eigenvalue weighted by molar-refractivity contribution is 5.91. The molecule has 0 radical (unpaired) electrons. The Bertz CT molecular complexity index is 616. The Morgan fingerprint density at radius 1 is 1.44 bits per heavy atom.